The van der Waals surface area contributed by atoms with E-state index in [4.69, 9.17) is 9.84 Å². The number of nitrogens with zero attached hydrogens (tertiary/aromatic N) is 3. The third-order valence-corrected chi connectivity index (χ3v) is 3.61. The summed E-state index contributed by atoms with van der Waals surface area (Å²) in [6, 6.07) is 3.47. The first kappa shape index (κ1) is 21.4. The van der Waals surface area contributed by atoms with E-state index in [1.165, 1.54) is 19.1 Å². The van der Waals surface area contributed by atoms with Gasteiger partial charge in [-0.3, -0.25) is 5.32 Å². The molecule has 2 N–H and O–H groups in total. The Bertz CT molecular complexity index is 815. The molecule has 1 aromatic carbocycles. The first-order valence-electron chi connectivity index (χ1n) is 8.17. The Morgan fingerprint density at radius 1 is 1.32 bits per heavy atom. The summed E-state index contributed by atoms with van der Waals surface area (Å²) in [6.45, 7) is 2.19. The summed E-state index contributed by atoms with van der Waals surface area (Å²) in [5.41, 5.74) is 0.713. The zero-order valence-corrected chi connectivity index (χ0v) is 15.0. The highest BCUT2D eigenvalue weighted by Gasteiger charge is 2.39. The number of aliphatic hydroxyl groups excluding tert-OH is 1. The van der Waals surface area contributed by atoms with E-state index in [1.807, 2.05) is 0 Å². The van der Waals surface area contributed by atoms with Crippen LogP contribution < -0.4 is 10.1 Å². The molecule has 28 heavy (non-hydrogen) atoms. The maximum absolute atomic E-state index is 13.8. The molecule has 0 radical (unpaired) electrons. The van der Waals surface area contributed by atoms with E-state index in [9.17, 15) is 22.4 Å². The maximum atomic E-state index is 13.8. The number of aryl methyl sites for hydroxylation is 1. The van der Waals surface area contributed by atoms with E-state index >= 15 is 0 Å². The highest BCUT2D eigenvalue weighted by atomic mass is 19.4. The van der Waals surface area contributed by atoms with Gasteiger partial charge in [0, 0.05) is 6.54 Å². The fourth-order valence-electron chi connectivity index (χ4n) is 2.09. The number of benzene rings is 1. The minimum absolute atomic E-state index is 0.0411. The van der Waals surface area contributed by atoms with Crippen molar-refractivity contribution in [3.8, 4) is 11.6 Å². The number of likely N-dealkylation sites (N-methyl/N-ethyl adjacent to an activating group) is 1. The third-order valence-electron chi connectivity index (χ3n) is 3.61. The van der Waals surface area contributed by atoms with Crippen LogP contribution in [0.25, 0.3) is 0 Å². The van der Waals surface area contributed by atoms with Crippen molar-refractivity contribution >= 4 is 11.8 Å². The number of nitrogens with one attached hydrogen (secondary N) is 1. The lowest BCUT2D eigenvalue weighted by atomic mass is 10.2. The quantitative estimate of drug-likeness (QED) is 0.723. The van der Waals surface area contributed by atoms with Gasteiger partial charge in [-0.15, -0.1) is 0 Å². The predicted molar refractivity (Wildman–Crippen MR) is 91.6 cm³/mol. The van der Waals surface area contributed by atoms with E-state index in [-0.39, 0.29) is 24.0 Å². The first-order valence-corrected chi connectivity index (χ1v) is 8.17. The molecule has 0 saturated heterocycles. The molecule has 0 bridgehead atoms. The van der Waals surface area contributed by atoms with Crippen molar-refractivity contribution in [1.82, 2.24) is 14.9 Å². The number of ether oxygens (including phenoxy) is 1. The van der Waals surface area contributed by atoms with Gasteiger partial charge in [-0.1, -0.05) is 6.07 Å². The molecular weight excluding hydrogens is 384 g/mol. The van der Waals surface area contributed by atoms with Gasteiger partial charge in [0.1, 0.15) is 0 Å². The highest BCUT2D eigenvalue weighted by Crippen LogP contribution is 2.24. The number of rotatable bonds is 6. The van der Waals surface area contributed by atoms with Crippen LogP contribution in [-0.2, 0) is 0 Å². The fourth-order valence-corrected chi connectivity index (χ4v) is 2.09. The highest BCUT2D eigenvalue weighted by molar-refractivity contribution is 5.88. The van der Waals surface area contributed by atoms with Crippen molar-refractivity contribution in [3.05, 3.63) is 42.0 Å². The number of hydrogen-bond donors (Lipinski definition) is 2. The minimum atomic E-state index is -4.84. The topological polar surface area (TPSA) is 87.6 Å². The van der Waals surface area contributed by atoms with Crippen molar-refractivity contribution in [3.63, 3.8) is 0 Å². The van der Waals surface area contributed by atoms with E-state index in [0.717, 1.165) is 17.3 Å². The molecule has 0 aliphatic carbocycles. The monoisotopic (exact) mass is 402 g/mol. The number of aromatic nitrogens is 2. The second-order valence-corrected chi connectivity index (χ2v) is 5.80. The van der Waals surface area contributed by atoms with Crippen molar-refractivity contribution in [2.45, 2.75) is 26.1 Å². The number of amides is 2. The lowest BCUT2D eigenvalue weighted by Crippen LogP contribution is -2.45. The Kier molecular flexibility index (Phi) is 6.73. The Balaban J connectivity index is 1.99. The summed E-state index contributed by atoms with van der Waals surface area (Å²) in [6.07, 6.45) is -5.27. The molecule has 0 unspecified atom stereocenters. The summed E-state index contributed by atoms with van der Waals surface area (Å²) in [7, 11) is 0. The first-order chi connectivity index (χ1) is 13.1. The molecule has 1 heterocycles. The molecule has 0 fully saturated rings. The minimum Gasteiger partial charge on any atom is -0.434 e. The van der Waals surface area contributed by atoms with Crippen molar-refractivity contribution in [2.75, 3.05) is 18.4 Å². The molecule has 152 valence electrons. The number of aliphatic hydroxyl groups is 1. The van der Waals surface area contributed by atoms with E-state index in [2.05, 4.69) is 15.3 Å². The van der Waals surface area contributed by atoms with Crippen molar-refractivity contribution < 1.29 is 32.2 Å². The van der Waals surface area contributed by atoms with Gasteiger partial charge in [0.2, 0.25) is 5.88 Å². The molecule has 11 heteroatoms. The van der Waals surface area contributed by atoms with Gasteiger partial charge in [-0.2, -0.15) is 13.2 Å². The molecule has 2 rings (SSSR count). The lowest BCUT2D eigenvalue weighted by Gasteiger charge is -2.25. The molecule has 2 amide bonds. The number of halogens is 4. The maximum Gasteiger partial charge on any atom is 0.416 e. The molecule has 0 saturated carbocycles. The van der Waals surface area contributed by atoms with E-state index < -0.39 is 30.7 Å². The third kappa shape index (κ3) is 5.78. The molecule has 2 aromatic rings. The summed E-state index contributed by atoms with van der Waals surface area (Å²) >= 11 is 0. The average Bonchev–Trinajstić information content (AvgIpc) is 2.62. The van der Waals surface area contributed by atoms with Gasteiger partial charge in [0.25, 0.3) is 0 Å². The lowest BCUT2D eigenvalue weighted by molar-refractivity contribution is -0.206. The largest absolute Gasteiger partial charge is 0.434 e. The van der Waals surface area contributed by atoms with Crippen LogP contribution in [0.1, 0.15) is 12.5 Å². The smallest absolute Gasteiger partial charge is 0.416 e. The number of carbonyl (C=O) groups excluding carboxylic acids is 1. The van der Waals surface area contributed by atoms with Crippen LogP contribution in [0.3, 0.4) is 0 Å². The van der Waals surface area contributed by atoms with Crippen molar-refractivity contribution in [2.24, 2.45) is 0 Å². The Hall–Kier alpha value is -2.95. The molecule has 1 atom stereocenters. The van der Waals surface area contributed by atoms with Crippen LogP contribution in [0.5, 0.6) is 11.6 Å². The number of hydrogen-bond acceptors (Lipinski definition) is 5. The van der Waals surface area contributed by atoms with Crippen molar-refractivity contribution in [1.29, 1.82) is 0 Å². The van der Waals surface area contributed by atoms with Gasteiger partial charge < -0.3 is 14.7 Å². The SMILES string of the molecule is CCN(C[C@@H](O)C(F)(F)F)C(=O)Nc1cnc(Oc2ccc(C)cc2F)cn1. The molecule has 0 spiro atoms. The second-order valence-electron chi connectivity index (χ2n) is 5.80. The normalized spacial score (nSPS) is 12.4. The predicted octanol–water partition coefficient (Wildman–Crippen LogP) is 3.49. The molecule has 1 aromatic heterocycles. The van der Waals surface area contributed by atoms with Crippen LogP contribution in [0.15, 0.2) is 30.6 Å². The van der Waals surface area contributed by atoms with Crippen LogP contribution in [0, 0.1) is 12.7 Å². The standard InChI is InChI=1S/C17H18F4N4O3/c1-3-25(9-13(26)17(19,20)21)16(27)24-14-7-23-15(8-22-14)28-12-5-4-10(2)6-11(12)18/h4-8,13,26H,3,9H2,1-2H3,(H,22,24,27)/t13-/m1/s1. The van der Waals surface area contributed by atoms with Crippen LogP contribution in [0.4, 0.5) is 28.2 Å². The summed E-state index contributed by atoms with van der Waals surface area (Å²) in [5.74, 6) is -0.738. The summed E-state index contributed by atoms with van der Waals surface area (Å²) < 4.78 is 56.3. The average molecular weight is 402 g/mol. The van der Waals surface area contributed by atoms with Gasteiger partial charge in [0.05, 0.1) is 18.9 Å². The Labute approximate surface area is 158 Å². The number of alkyl halides is 3. The summed E-state index contributed by atoms with van der Waals surface area (Å²) in [5, 5.41) is 11.4. The van der Waals surface area contributed by atoms with Gasteiger partial charge in [0.15, 0.2) is 23.5 Å². The number of carbonyl (C=O) groups is 1. The Morgan fingerprint density at radius 3 is 2.57 bits per heavy atom. The van der Waals surface area contributed by atoms with Crippen LogP contribution >= 0.6 is 0 Å². The molecule has 7 nitrogen and oxygen atoms in total. The zero-order valence-electron chi connectivity index (χ0n) is 15.0. The van der Waals surface area contributed by atoms with Gasteiger partial charge in [-0.05, 0) is 31.5 Å². The fraction of sp³-hybridized carbons (Fsp3) is 0.353. The molecular formula is C17H18F4N4O3. The number of anilines is 1. The van der Waals surface area contributed by atoms with Gasteiger partial charge >= 0.3 is 12.2 Å². The van der Waals surface area contributed by atoms with Crippen LogP contribution in [0.2, 0.25) is 0 Å². The number of urea groups is 1. The Morgan fingerprint density at radius 2 is 2.04 bits per heavy atom. The van der Waals surface area contributed by atoms with E-state index in [0.29, 0.717) is 5.56 Å². The molecule has 0 aliphatic rings. The van der Waals surface area contributed by atoms with Gasteiger partial charge in [-0.25, -0.2) is 19.2 Å². The zero-order chi connectivity index (χ0) is 20.9. The van der Waals surface area contributed by atoms with Crippen LogP contribution in [-0.4, -0.2) is 51.4 Å². The molecule has 0 aliphatic heterocycles. The summed E-state index contributed by atoms with van der Waals surface area (Å²) in [4.78, 5) is 20.5. The van der Waals surface area contributed by atoms with E-state index in [1.54, 1.807) is 13.0 Å². The second kappa shape index (κ2) is 8.83.